The molecule has 6 nitrogen and oxygen atoms in total. The highest BCUT2D eigenvalue weighted by molar-refractivity contribution is 9.09. The van der Waals surface area contributed by atoms with Gasteiger partial charge in [0.05, 0.1) is 35.4 Å². The van der Waals surface area contributed by atoms with Crippen molar-refractivity contribution in [2.24, 2.45) is 0 Å². The molecule has 0 amide bonds. The van der Waals surface area contributed by atoms with Crippen LogP contribution in [0.1, 0.15) is 49.8 Å². The second-order valence-electron chi connectivity index (χ2n) is 14.1. The number of benzene rings is 4. The maximum atomic E-state index is 12.5. The van der Waals surface area contributed by atoms with Crippen LogP contribution in [-0.4, -0.2) is 33.0 Å². The number of esters is 1. The van der Waals surface area contributed by atoms with E-state index in [0.717, 1.165) is 105 Å². The molecule has 2 aliphatic heterocycles. The molecule has 8 bridgehead atoms. The van der Waals surface area contributed by atoms with Gasteiger partial charge in [0, 0.05) is 60.3 Å². The maximum absolute atomic E-state index is 12.5. The summed E-state index contributed by atoms with van der Waals surface area (Å²) in [6.45, 7) is 0. The summed E-state index contributed by atoms with van der Waals surface area (Å²) in [6, 6.07) is 41.8. The topological polar surface area (TPSA) is 83.7 Å². The van der Waals surface area contributed by atoms with Gasteiger partial charge in [-0.1, -0.05) is 133 Å². The average molecular weight is 952 g/mol. The van der Waals surface area contributed by atoms with Gasteiger partial charge < -0.3 is 14.7 Å². The molecule has 3 aromatic heterocycles. The Labute approximate surface area is 361 Å². The fourth-order valence-corrected chi connectivity index (χ4v) is 8.71. The normalized spacial score (nSPS) is 11.9. The number of hydrogen-bond donors (Lipinski definition) is 2. The molecule has 5 heterocycles. The second kappa shape index (κ2) is 16.3. The van der Waals surface area contributed by atoms with Crippen LogP contribution in [0.2, 0.25) is 0 Å². The van der Waals surface area contributed by atoms with Gasteiger partial charge in [-0.3, -0.25) is 0 Å². The maximum Gasteiger partial charge on any atom is 0.337 e. The highest BCUT2D eigenvalue weighted by Gasteiger charge is 2.19. The lowest BCUT2D eigenvalue weighted by Crippen LogP contribution is -2.00. The summed E-state index contributed by atoms with van der Waals surface area (Å²) < 4.78 is 5.02. The Morgan fingerprint density at radius 2 is 0.724 bits per heavy atom. The smallest absolute Gasteiger partial charge is 0.337 e. The van der Waals surface area contributed by atoms with Crippen LogP contribution in [0.5, 0.6) is 0 Å². The number of nitrogens with zero attached hydrogens (tertiary/aromatic N) is 2. The Bertz CT molecular complexity index is 2880. The zero-order chi connectivity index (χ0) is 39.8. The van der Waals surface area contributed by atoms with Crippen molar-refractivity contribution in [3.8, 4) is 44.5 Å². The van der Waals surface area contributed by atoms with Crippen LogP contribution in [0.25, 0.3) is 90.9 Å². The number of H-pyrrole nitrogens is 2. The molecule has 284 valence electrons. The third-order valence-electron chi connectivity index (χ3n) is 10.5. The standard InChI is InChI=1S/C49H35Br3N4O2/c1-58-49(57)36-16-14-35(15-17-36)48-43-24-22-41(55-43)46(33-10-4-30(27-51)5-11-33)39-20-18-37(53-39)45(32-8-2-29(26-50)3-9-32)38-19-21-40(54-38)47(42-23-25-44(48)56-42)34-12-6-31(28-52)7-13-34/h2-25,53,56H,26-28H2,1H3. The van der Waals surface area contributed by atoms with Crippen molar-refractivity contribution >= 4 is 100 Å². The Morgan fingerprint density at radius 3 is 0.983 bits per heavy atom. The largest absolute Gasteiger partial charge is 0.465 e. The van der Waals surface area contributed by atoms with E-state index in [0.29, 0.717) is 5.56 Å². The van der Waals surface area contributed by atoms with Gasteiger partial charge >= 0.3 is 5.97 Å². The Kier molecular flexibility index (Phi) is 10.7. The van der Waals surface area contributed by atoms with Crippen molar-refractivity contribution in [1.82, 2.24) is 19.9 Å². The number of ether oxygens (including phenoxy) is 1. The van der Waals surface area contributed by atoms with Gasteiger partial charge in [-0.2, -0.15) is 0 Å². The van der Waals surface area contributed by atoms with Crippen molar-refractivity contribution in [1.29, 1.82) is 0 Å². The predicted molar refractivity (Wildman–Crippen MR) is 250 cm³/mol. The lowest BCUT2D eigenvalue weighted by Gasteiger charge is -2.08. The van der Waals surface area contributed by atoms with Crippen LogP contribution in [0.15, 0.2) is 121 Å². The molecule has 58 heavy (non-hydrogen) atoms. The summed E-state index contributed by atoms with van der Waals surface area (Å²) in [4.78, 5) is 30.9. The Balaban J connectivity index is 1.42. The first-order valence-corrected chi connectivity index (χ1v) is 22.1. The molecule has 9 heteroatoms. The van der Waals surface area contributed by atoms with Crippen molar-refractivity contribution < 1.29 is 9.53 Å². The minimum Gasteiger partial charge on any atom is -0.465 e. The van der Waals surface area contributed by atoms with Gasteiger partial charge in [-0.25, -0.2) is 14.8 Å². The highest BCUT2D eigenvalue weighted by atomic mass is 79.9. The number of rotatable bonds is 8. The average Bonchev–Trinajstić information content (AvgIpc) is 4.12. The number of halogens is 3. The van der Waals surface area contributed by atoms with Crippen LogP contribution in [0.3, 0.4) is 0 Å². The SMILES string of the molecule is COC(=O)c1ccc(-c2c3nc(c(-c4ccc(CBr)cc4)c4ccc([nH]4)c(-c4ccc(CBr)cc4)c4nc(c(-c5ccc(CBr)cc5)c5ccc2[nH]5)C=C4)C=C3)cc1. The summed E-state index contributed by atoms with van der Waals surface area (Å²) in [5.41, 5.74) is 18.9. The van der Waals surface area contributed by atoms with Gasteiger partial charge in [0.2, 0.25) is 0 Å². The molecule has 0 saturated carbocycles. The number of nitrogens with one attached hydrogen (secondary N) is 2. The summed E-state index contributed by atoms with van der Waals surface area (Å²) >= 11 is 10.9. The Morgan fingerprint density at radius 1 is 0.448 bits per heavy atom. The molecule has 4 aromatic carbocycles. The summed E-state index contributed by atoms with van der Waals surface area (Å²) in [6.07, 6.45) is 8.40. The fraction of sp³-hybridized carbons (Fsp3) is 0.0816. The molecule has 9 rings (SSSR count). The quantitative estimate of drug-likeness (QED) is 0.117. The van der Waals surface area contributed by atoms with E-state index in [2.05, 4.69) is 179 Å². The number of hydrogen-bond acceptors (Lipinski definition) is 4. The molecular weight excluding hydrogens is 916 g/mol. The van der Waals surface area contributed by atoms with E-state index in [1.54, 1.807) is 12.1 Å². The van der Waals surface area contributed by atoms with Crippen LogP contribution >= 0.6 is 47.8 Å². The monoisotopic (exact) mass is 948 g/mol. The van der Waals surface area contributed by atoms with E-state index in [1.165, 1.54) is 23.8 Å². The van der Waals surface area contributed by atoms with E-state index >= 15 is 0 Å². The minimum atomic E-state index is -0.385. The molecule has 0 spiro atoms. The van der Waals surface area contributed by atoms with Gasteiger partial charge in [-0.05, 0) is 99.6 Å². The lowest BCUT2D eigenvalue weighted by molar-refractivity contribution is 0.0600. The summed E-state index contributed by atoms with van der Waals surface area (Å²) in [7, 11) is 1.39. The molecule has 2 aliphatic rings. The first-order chi connectivity index (χ1) is 28.4. The molecular formula is C49H35Br3N4O2. The van der Waals surface area contributed by atoms with Crippen LogP contribution in [0, 0.1) is 0 Å². The molecule has 0 aliphatic carbocycles. The van der Waals surface area contributed by atoms with Crippen LogP contribution in [0.4, 0.5) is 0 Å². The molecule has 0 fully saturated rings. The number of aromatic amines is 2. The molecule has 7 aromatic rings. The summed E-state index contributed by atoms with van der Waals surface area (Å²) in [5, 5.41) is 2.31. The van der Waals surface area contributed by atoms with Crippen molar-refractivity contribution in [3.05, 3.63) is 166 Å². The predicted octanol–water partition coefficient (Wildman–Crippen LogP) is 13.8. The van der Waals surface area contributed by atoms with Crippen LogP contribution in [-0.2, 0) is 20.7 Å². The zero-order valence-corrected chi connectivity index (χ0v) is 36.1. The first-order valence-electron chi connectivity index (χ1n) is 18.8. The van der Waals surface area contributed by atoms with E-state index in [1.807, 2.05) is 12.1 Å². The number of fused-ring (bicyclic) bond motifs is 8. The van der Waals surface area contributed by atoms with E-state index in [-0.39, 0.29) is 5.97 Å². The van der Waals surface area contributed by atoms with Gasteiger partial charge in [0.15, 0.2) is 0 Å². The number of carbonyl (C=O) groups excluding carboxylic acids is 1. The lowest BCUT2D eigenvalue weighted by atomic mass is 10.0. The first kappa shape index (κ1) is 37.9. The molecule has 0 atom stereocenters. The summed E-state index contributed by atoms with van der Waals surface area (Å²) in [5.74, 6) is -0.385. The molecule has 2 N–H and O–H groups in total. The number of carbonyl (C=O) groups is 1. The molecule has 0 radical (unpaired) electrons. The second-order valence-corrected chi connectivity index (χ2v) is 15.7. The van der Waals surface area contributed by atoms with Crippen LogP contribution < -0.4 is 0 Å². The fourth-order valence-electron chi connectivity index (χ4n) is 7.59. The number of methoxy groups -OCH3 is 1. The highest BCUT2D eigenvalue weighted by Crippen LogP contribution is 2.39. The van der Waals surface area contributed by atoms with Gasteiger partial charge in [0.25, 0.3) is 0 Å². The Hall–Kier alpha value is -5.61. The third kappa shape index (κ3) is 7.23. The van der Waals surface area contributed by atoms with E-state index in [4.69, 9.17) is 14.7 Å². The van der Waals surface area contributed by atoms with Gasteiger partial charge in [0.1, 0.15) is 0 Å². The molecule has 0 unspecified atom stereocenters. The number of aromatic nitrogens is 4. The molecule has 0 saturated heterocycles. The van der Waals surface area contributed by atoms with Crippen molar-refractivity contribution in [3.63, 3.8) is 0 Å². The number of alkyl halides is 3. The van der Waals surface area contributed by atoms with E-state index < -0.39 is 0 Å². The zero-order valence-electron chi connectivity index (χ0n) is 31.3. The van der Waals surface area contributed by atoms with Gasteiger partial charge in [-0.15, -0.1) is 0 Å². The van der Waals surface area contributed by atoms with E-state index in [9.17, 15) is 4.79 Å². The van der Waals surface area contributed by atoms with Crippen molar-refractivity contribution in [2.75, 3.05) is 7.11 Å². The van der Waals surface area contributed by atoms with Crippen molar-refractivity contribution in [2.45, 2.75) is 16.0 Å². The third-order valence-corrected chi connectivity index (χ3v) is 12.5. The minimum absolute atomic E-state index is 0.385.